The van der Waals surface area contributed by atoms with Crippen LogP contribution in [0.2, 0.25) is 0 Å². The van der Waals surface area contributed by atoms with Gasteiger partial charge in [-0.3, -0.25) is 0 Å². The molecule has 2 amide bonds. The summed E-state index contributed by atoms with van der Waals surface area (Å²) in [5.74, 6) is 1.01. The van der Waals surface area contributed by atoms with Crippen LogP contribution in [0.25, 0.3) is 11.5 Å². The van der Waals surface area contributed by atoms with Gasteiger partial charge in [-0.25, -0.2) is 4.79 Å². The van der Waals surface area contributed by atoms with Gasteiger partial charge in [0.05, 0.1) is 18.8 Å². The summed E-state index contributed by atoms with van der Waals surface area (Å²) in [6.07, 6.45) is 1.38. The van der Waals surface area contributed by atoms with Crippen molar-refractivity contribution in [3.8, 4) is 11.5 Å². The van der Waals surface area contributed by atoms with Crippen LogP contribution in [0.1, 0.15) is 26.2 Å². The molecule has 2 heterocycles. The maximum atomic E-state index is 12.3. The van der Waals surface area contributed by atoms with Crippen molar-refractivity contribution in [3.63, 3.8) is 0 Å². The third kappa shape index (κ3) is 4.36. The summed E-state index contributed by atoms with van der Waals surface area (Å²) in [5.41, 5.74) is 0.629. The highest BCUT2D eigenvalue weighted by Crippen LogP contribution is 2.21. The average Bonchev–Trinajstić information content (AvgIpc) is 3.11. The number of hydrogen-bond acceptors (Lipinski definition) is 5. The van der Waals surface area contributed by atoms with Crippen LogP contribution in [0, 0.1) is 0 Å². The Morgan fingerprint density at radius 1 is 1.32 bits per heavy atom. The van der Waals surface area contributed by atoms with E-state index in [4.69, 9.17) is 9.15 Å². The number of urea groups is 1. The zero-order valence-electron chi connectivity index (χ0n) is 14.7. The fraction of sp³-hybridized carbons (Fsp3) is 0.500. The molecule has 1 atom stereocenters. The van der Waals surface area contributed by atoms with E-state index in [9.17, 15) is 4.79 Å². The number of aromatic nitrogens is 2. The summed E-state index contributed by atoms with van der Waals surface area (Å²) in [6, 6.07) is 9.54. The second kappa shape index (κ2) is 7.65. The van der Waals surface area contributed by atoms with Gasteiger partial charge < -0.3 is 19.4 Å². The third-order valence-corrected chi connectivity index (χ3v) is 4.47. The molecule has 0 bridgehead atoms. The predicted molar refractivity (Wildman–Crippen MR) is 93.1 cm³/mol. The largest absolute Gasteiger partial charge is 0.421 e. The summed E-state index contributed by atoms with van der Waals surface area (Å²) in [6.45, 7) is 6.35. The molecular weight excluding hydrogens is 320 g/mol. The molecule has 0 aliphatic carbocycles. The minimum atomic E-state index is -0.257. The van der Waals surface area contributed by atoms with Gasteiger partial charge in [0.1, 0.15) is 0 Å². The average molecular weight is 344 g/mol. The maximum Gasteiger partial charge on any atom is 0.317 e. The van der Waals surface area contributed by atoms with Gasteiger partial charge in [0.25, 0.3) is 0 Å². The highest BCUT2D eigenvalue weighted by molar-refractivity contribution is 5.74. The molecule has 25 heavy (non-hydrogen) atoms. The van der Waals surface area contributed by atoms with Gasteiger partial charge in [0.15, 0.2) is 0 Å². The Labute approximate surface area is 147 Å². The van der Waals surface area contributed by atoms with Gasteiger partial charge in [-0.05, 0) is 25.5 Å². The molecule has 1 aliphatic heterocycles. The van der Waals surface area contributed by atoms with E-state index >= 15 is 0 Å². The smallest absolute Gasteiger partial charge is 0.317 e. The lowest BCUT2D eigenvalue weighted by Gasteiger charge is -2.39. The van der Waals surface area contributed by atoms with Crippen LogP contribution >= 0.6 is 0 Å². The van der Waals surface area contributed by atoms with Gasteiger partial charge in [0, 0.05) is 25.1 Å². The van der Waals surface area contributed by atoms with E-state index in [2.05, 4.69) is 22.4 Å². The van der Waals surface area contributed by atoms with E-state index in [1.165, 1.54) is 0 Å². The highest BCUT2D eigenvalue weighted by atomic mass is 16.5. The molecule has 134 valence electrons. The van der Waals surface area contributed by atoms with E-state index in [1.54, 1.807) is 4.90 Å². The molecule has 1 aromatic heterocycles. The van der Waals surface area contributed by atoms with E-state index in [0.717, 1.165) is 12.0 Å². The van der Waals surface area contributed by atoms with Crippen molar-refractivity contribution in [2.24, 2.45) is 0 Å². The maximum absolute atomic E-state index is 12.3. The topological polar surface area (TPSA) is 80.5 Å². The molecule has 7 nitrogen and oxygen atoms in total. The number of ether oxygens (including phenoxy) is 1. The Bertz CT molecular complexity index is 703. The van der Waals surface area contributed by atoms with Gasteiger partial charge in [0.2, 0.25) is 11.8 Å². The second-order valence-electron chi connectivity index (χ2n) is 6.42. The molecule has 2 aromatic rings. The number of morpholine rings is 1. The van der Waals surface area contributed by atoms with Crippen molar-refractivity contribution in [2.75, 3.05) is 26.2 Å². The molecule has 1 aliphatic rings. The Morgan fingerprint density at radius 3 is 2.88 bits per heavy atom. The Morgan fingerprint density at radius 2 is 2.12 bits per heavy atom. The molecule has 1 aromatic carbocycles. The van der Waals surface area contributed by atoms with E-state index in [1.807, 2.05) is 37.3 Å². The lowest BCUT2D eigenvalue weighted by molar-refractivity contribution is -0.0872. The normalized spacial score (nSPS) is 20.5. The van der Waals surface area contributed by atoms with Gasteiger partial charge in [-0.15, -0.1) is 10.2 Å². The summed E-state index contributed by atoms with van der Waals surface area (Å²) >= 11 is 0. The first kappa shape index (κ1) is 17.4. The fourth-order valence-corrected chi connectivity index (χ4v) is 2.76. The van der Waals surface area contributed by atoms with Crippen molar-refractivity contribution in [2.45, 2.75) is 32.3 Å². The van der Waals surface area contributed by atoms with Crippen molar-refractivity contribution in [3.05, 3.63) is 36.2 Å². The first-order chi connectivity index (χ1) is 12.1. The number of rotatable bonds is 5. The zero-order valence-corrected chi connectivity index (χ0v) is 14.7. The number of nitrogens with zero attached hydrogens (tertiary/aromatic N) is 3. The quantitative estimate of drug-likeness (QED) is 0.901. The van der Waals surface area contributed by atoms with Gasteiger partial charge in [-0.2, -0.15) is 0 Å². The van der Waals surface area contributed by atoms with Crippen LogP contribution in [0.5, 0.6) is 0 Å². The highest BCUT2D eigenvalue weighted by Gasteiger charge is 2.32. The zero-order chi connectivity index (χ0) is 17.7. The lowest BCUT2D eigenvalue weighted by atomic mass is 10.0. The SMILES string of the molecule is CC[C@]1(C)CN(C(=O)NCCc2nnc(-c3ccccc3)o2)CCO1. The number of hydrogen-bond donors (Lipinski definition) is 1. The van der Waals surface area contributed by atoms with Gasteiger partial charge >= 0.3 is 6.03 Å². The van der Waals surface area contributed by atoms with Crippen LogP contribution in [0.3, 0.4) is 0 Å². The van der Waals surface area contributed by atoms with Crippen molar-refractivity contribution < 1.29 is 13.9 Å². The molecule has 0 saturated carbocycles. The second-order valence-corrected chi connectivity index (χ2v) is 6.42. The standard InChI is InChI=1S/C18H24N4O3/c1-3-18(2)13-22(11-12-24-18)17(23)19-10-9-15-20-21-16(25-15)14-7-5-4-6-8-14/h4-8H,3,9-13H2,1-2H3,(H,19,23)/t18-/m1/s1. The first-order valence-corrected chi connectivity index (χ1v) is 8.64. The van der Waals surface area contributed by atoms with Gasteiger partial charge in [-0.1, -0.05) is 25.1 Å². The summed E-state index contributed by atoms with van der Waals surface area (Å²) < 4.78 is 11.4. The molecule has 3 rings (SSSR count). The molecule has 1 saturated heterocycles. The number of nitrogens with one attached hydrogen (secondary N) is 1. The minimum Gasteiger partial charge on any atom is -0.421 e. The minimum absolute atomic E-state index is 0.0780. The van der Waals surface area contributed by atoms with E-state index in [-0.39, 0.29) is 11.6 Å². The van der Waals surface area contributed by atoms with Crippen LogP contribution in [-0.2, 0) is 11.2 Å². The molecule has 0 radical (unpaired) electrons. The van der Waals surface area contributed by atoms with Crippen molar-refractivity contribution in [1.82, 2.24) is 20.4 Å². The third-order valence-electron chi connectivity index (χ3n) is 4.47. The molecule has 0 unspecified atom stereocenters. The summed E-state index contributed by atoms with van der Waals surface area (Å²) in [4.78, 5) is 14.1. The molecule has 1 fully saturated rings. The van der Waals surface area contributed by atoms with Crippen molar-refractivity contribution >= 4 is 6.03 Å². The summed E-state index contributed by atoms with van der Waals surface area (Å²) in [5, 5.41) is 11.0. The van der Waals surface area contributed by atoms with Crippen LogP contribution in [0.15, 0.2) is 34.7 Å². The monoisotopic (exact) mass is 344 g/mol. The predicted octanol–water partition coefficient (Wildman–Crippen LogP) is 2.49. The van der Waals surface area contributed by atoms with Crippen LogP contribution in [-0.4, -0.2) is 53.0 Å². The number of benzene rings is 1. The Balaban J connectivity index is 1.48. The van der Waals surface area contributed by atoms with E-state index < -0.39 is 0 Å². The van der Waals surface area contributed by atoms with E-state index in [0.29, 0.717) is 44.4 Å². The van der Waals surface area contributed by atoms with Crippen LogP contribution in [0.4, 0.5) is 4.79 Å². The fourth-order valence-electron chi connectivity index (χ4n) is 2.76. The number of amides is 2. The Kier molecular flexibility index (Phi) is 5.33. The van der Waals surface area contributed by atoms with Crippen molar-refractivity contribution in [1.29, 1.82) is 0 Å². The number of carbonyl (C=O) groups excluding carboxylic acids is 1. The lowest BCUT2D eigenvalue weighted by Crippen LogP contribution is -2.54. The molecule has 7 heteroatoms. The Hall–Kier alpha value is -2.41. The number of carbonyl (C=O) groups is 1. The molecule has 1 N–H and O–H groups in total. The molecule has 0 spiro atoms. The first-order valence-electron chi connectivity index (χ1n) is 8.64. The van der Waals surface area contributed by atoms with Crippen LogP contribution < -0.4 is 5.32 Å². The summed E-state index contributed by atoms with van der Waals surface area (Å²) in [7, 11) is 0. The molecular formula is C18H24N4O3.